The molecule has 0 fully saturated rings. The number of nitriles is 1. The predicted octanol–water partition coefficient (Wildman–Crippen LogP) is 2.65. The van der Waals surface area contributed by atoms with Gasteiger partial charge in [-0.2, -0.15) is 10.4 Å². The molecule has 24 heavy (non-hydrogen) atoms. The summed E-state index contributed by atoms with van der Waals surface area (Å²) in [4.78, 5) is 18.8. The van der Waals surface area contributed by atoms with E-state index in [1.807, 2.05) is 25.8 Å². The third-order valence-electron chi connectivity index (χ3n) is 4.89. The Bertz CT molecular complexity index is 800. The molecule has 0 aromatic carbocycles. The minimum atomic E-state index is 0.133. The number of nitrogens with zero attached hydrogens (tertiary/aromatic N) is 5. The van der Waals surface area contributed by atoms with Crippen molar-refractivity contribution in [3.8, 4) is 6.07 Å². The topological polar surface area (TPSA) is 74.3 Å². The Morgan fingerprint density at radius 3 is 2.62 bits per heavy atom. The van der Waals surface area contributed by atoms with Crippen LogP contribution in [0.1, 0.15) is 49.7 Å². The Labute approximate surface area is 143 Å². The minimum absolute atomic E-state index is 0.133. The van der Waals surface area contributed by atoms with Crippen LogP contribution >= 0.6 is 0 Å². The van der Waals surface area contributed by atoms with Gasteiger partial charge >= 0.3 is 0 Å². The average molecular weight is 327 g/mol. The quantitative estimate of drug-likeness (QED) is 0.846. The Morgan fingerprint density at radius 2 is 2.04 bits per heavy atom. The number of hydrogen-bond donors (Lipinski definition) is 0. The summed E-state index contributed by atoms with van der Waals surface area (Å²) >= 11 is 0. The van der Waals surface area contributed by atoms with Crippen molar-refractivity contribution in [3.05, 3.63) is 28.7 Å². The van der Waals surface area contributed by atoms with Crippen molar-refractivity contribution in [1.82, 2.24) is 19.5 Å². The Morgan fingerprint density at radius 1 is 1.38 bits per heavy atom. The predicted molar refractivity (Wildman–Crippen MR) is 92.6 cm³/mol. The van der Waals surface area contributed by atoms with Gasteiger partial charge in [-0.15, -0.1) is 0 Å². The number of rotatable bonds is 5. The number of amides is 1. The minimum Gasteiger partial charge on any atom is -0.343 e. The summed E-state index contributed by atoms with van der Waals surface area (Å²) in [5.41, 5.74) is 3.85. The second-order valence-corrected chi connectivity index (χ2v) is 6.66. The molecule has 2 aromatic heterocycles. The van der Waals surface area contributed by atoms with Crippen LogP contribution < -0.4 is 0 Å². The third kappa shape index (κ3) is 3.25. The average Bonchev–Trinajstić information content (AvgIpc) is 2.95. The van der Waals surface area contributed by atoms with Crippen molar-refractivity contribution in [3.63, 3.8) is 0 Å². The molecule has 2 aromatic rings. The van der Waals surface area contributed by atoms with Crippen LogP contribution in [0, 0.1) is 31.1 Å². The van der Waals surface area contributed by atoms with Crippen molar-refractivity contribution in [2.24, 2.45) is 5.92 Å². The van der Waals surface area contributed by atoms with Gasteiger partial charge in [0.1, 0.15) is 11.6 Å². The van der Waals surface area contributed by atoms with Gasteiger partial charge in [0, 0.05) is 30.9 Å². The van der Waals surface area contributed by atoms with E-state index in [2.05, 4.69) is 36.9 Å². The first-order chi connectivity index (χ1) is 11.3. The first-order valence-electron chi connectivity index (χ1n) is 8.27. The lowest BCUT2D eigenvalue weighted by atomic mass is 10.0. The summed E-state index contributed by atoms with van der Waals surface area (Å²) in [6.45, 7) is 10.2. The van der Waals surface area contributed by atoms with Crippen LogP contribution in [-0.2, 0) is 11.2 Å². The molecule has 1 amide bonds. The summed E-state index contributed by atoms with van der Waals surface area (Å²) in [5, 5.41) is 13.4. The Hall–Kier alpha value is -2.42. The maximum atomic E-state index is 12.4. The summed E-state index contributed by atoms with van der Waals surface area (Å²) in [6, 6.07) is 2.32. The maximum absolute atomic E-state index is 12.4. The lowest BCUT2D eigenvalue weighted by Gasteiger charge is -2.28. The Kier molecular flexibility index (Phi) is 5.23. The molecule has 128 valence electrons. The molecule has 0 bridgehead atoms. The van der Waals surface area contributed by atoms with Crippen LogP contribution in [0.5, 0.6) is 0 Å². The van der Waals surface area contributed by atoms with Gasteiger partial charge in [-0.1, -0.05) is 13.8 Å². The van der Waals surface area contributed by atoms with Crippen molar-refractivity contribution in [2.75, 3.05) is 7.05 Å². The SMILES string of the molecule is Cc1nc2c(C#N)cnn2c(C)c1CCC(=O)N(C)[C@@H](C)C(C)C. The largest absolute Gasteiger partial charge is 0.343 e. The fraction of sp³-hybridized carbons (Fsp3) is 0.556. The van der Waals surface area contributed by atoms with Gasteiger partial charge in [0.05, 0.1) is 6.20 Å². The molecular formula is C18H25N5O. The first kappa shape index (κ1) is 17.9. The fourth-order valence-electron chi connectivity index (χ4n) is 2.83. The molecule has 2 heterocycles. The number of aryl methyl sites for hydroxylation is 2. The molecule has 0 aliphatic rings. The summed E-state index contributed by atoms with van der Waals surface area (Å²) in [6.07, 6.45) is 2.59. The fourth-order valence-corrected chi connectivity index (χ4v) is 2.83. The number of hydrogen-bond acceptors (Lipinski definition) is 4. The molecule has 0 spiro atoms. The second-order valence-electron chi connectivity index (χ2n) is 6.66. The van der Waals surface area contributed by atoms with Crippen molar-refractivity contribution < 1.29 is 4.79 Å². The summed E-state index contributed by atoms with van der Waals surface area (Å²) < 4.78 is 1.69. The van der Waals surface area contributed by atoms with Gasteiger partial charge in [0.25, 0.3) is 0 Å². The van der Waals surface area contributed by atoms with Gasteiger partial charge in [0.2, 0.25) is 5.91 Å². The number of aromatic nitrogens is 3. The van der Waals surface area contributed by atoms with Crippen molar-refractivity contribution in [2.45, 2.75) is 53.5 Å². The van der Waals surface area contributed by atoms with E-state index in [-0.39, 0.29) is 11.9 Å². The highest BCUT2D eigenvalue weighted by Gasteiger charge is 2.20. The van der Waals surface area contributed by atoms with E-state index in [9.17, 15) is 4.79 Å². The molecule has 0 saturated heterocycles. The number of fused-ring (bicyclic) bond motifs is 1. The standard InChI is InChI=1S/C18H25N5O/c1-11(2)13(4)22(6)17(24)8-7-16-12(3)21-18-15(9-19)10-20-23(18)14(16)5/h10-11,13H,7-8H2,1-6H3/t13-/m0/s1. The van der Waals surface area contributed by atoms with E-state index in [1.165, 1.54) is 6.20 Å². The maximum Gasteiger partial charge on any atom is 0.222 e. The van der Waals surface area contributed by atoms with Crippen molar-refractivity contribution in [1.29, 1.82) is 5.26 Å². The lowest BCUT2D eigenvalue weighted by molar-refractivity contribution is -0.132. The van der Waals surface area contributed by atoms with Gasteiger partial charge < -0.3 is 4.90 Å². The molecule has 6 heteroatoms. The van der Waals surface area contributed by atoms with Crippen LogP contribution in [0.25, 0.3) is 5.65 Å². The molecule has 0 N–H and O–H groups in total. The van der Waals surface area contributed by atoms with Crippen LogP contribution in [0.15, 0.2) is 6.20 Å². The monoisotopic (exact) mass is 327 g/mol. The third-order valence-corrected chi connectivity index (χ3v) is 4.89. The molecule has 2 rings (SSSR count). The van der Waals surface area contributed by atoms with E-state index in [1.54, 1.807) is 4.52 Å². The highest BCUT2D eigenvalue weighted by molar-refractivity contribution is 5.76. The van der Waals surface area contributed by atoms with Crippen LogP contribution in [0.3, 0.4) is 0 Å². The number of carbonyl (C=O) groups excluding carboxylic acids is 1. The van der Waals surface area contributed by atoms with Gasteiger partial charge in [-0.05, 0) is 38.7 Å². The lowest BCUT2D eigenvalue weighted by Crippen LogP contribution is -2.38. The normalized spacial score (nSPS) is 12.4. The van der Waals surface area contributed by atoms with E-state index in [0.717, 1.165) is 17.0 Å². The molecule has 0 radical (unpaired) electrons. The number of carbonyl (C=O) groups is 1. The zero-order chi connectivity index (χ0) is 18.0. The van der Waals surface area contributed by atoms with Gasteiger partial charge in [-0.3, -0.25) is 4.79 Å². The van der Waals surface area contributed by atoms with Crippen LogP contribution in [0.4, 0.5) is 0 Å². The zero-order valence-electron chi connectivity index (χ0n) is 15.3. The highest BCUT2D eigenvalue weighted by Crippen LogP contribution is 2.19. The van der Waals surface area contributed by atoms with Crippen molar-refractivity contribution >= 4 is 11.6 Å². The zero-order valence-corrected chi connectivity index (χ0v) is 15.3. The van der Waals surface area contributed by atoms with E-state index in [0.29, 0.717) is 30.0 Å². The molecule has 0 aliphatic heterocycles. The molecule has 0 unspecified atom stereocenters. The molecular weight excluding hydrogens is 302 g/mol. The summed E-state index contributed by atoms with van der Waals surface area (Å²) in [7, 11) is 1.86. The van der Waals surface area contributed by atoms with E-state index < -0.39 is 0 Å². The first-order valence-corrected chi connectivity index (χ1v) is 8.27. The van der Waals surface area contributed by atoms with Gasteiger partial charge in [-0.25, -0.2) is 9.50 Å². The van der Waals surface area contributed by atoms with Crippen LogP contribution in [0.2, 0.25) is 0 Å². The Balaban J connectivity index is 2.22. The van der Waals surface area contributed by atoms with E-state index in [4.69, 9.17) is 5.26 Å². The smallest absolute Gasteiger partial charge is 0.222 e. The van der Waals surface area contributed by atoms with Gasteiger partial charge in [0.15, 0.2) is 5.65 Å². The molecule has 6 nitrogen and oxygen atoms in total. The summed E-state index contributed by atoms with van der Waals surface area (Å²) in [5.74, 6) is 0.558. The molecule has 1 atom stereocenters. The molecule has 0 saturated carbocycles. The second kappa shape index (κ2) is 7.00. The van der Waals surface area contributed by atoms with E-state index >= 15 is 0 Å². The van der Waals surface area contributed by atoms with Crippen LogP contribution in [-0.4, -0.2) is 38.5 Å². The molecule has 0 aliphatic carbocycles. The highest BCUT2D eigenvalue weighted by atomic mass is 16.2.